The van der Waals surface area contributed by atoms with Gasteiger partial charge < -0.3 is 5.32 Å². The van der Waals surface area contributed by atoms with Gasteiger partial charge in [0.15, 0.2) is 5.16 Å². The van der Waals surface area contributed by atoms with Crippen molar-refractivity contribution in [3.05, 3.63) is 21.8 Å². The minimum absolute atomic E-state index is 0.0402. The second kappa shape index (κ2) is 5.57. The van der Waals surface area contributed by atoms with Crippen molar-refractivity contribution in [2.24, 2.45) is 7.05 Å². The maximum atomic E-state index is 12.2. The molecule has 1 saturated heterocycles. The highest BCUT2D eigenvalue weighted by Gasteiger charge is 2.24. The van der Waals surface area contributed by atoms with Crippen molar-refractivity contribution in [3.8, 4) is 0 Å². The standard InChI is InChI=1S/C13H15N3O2S2/c1-16-12(18)10-8(5-7-19-10)15-13(16)20-9-4-2-3-6-14-11(9)17/h5,7,9H,2-4,6H2,1H3,(H,14,17). The van der Waals surface area contributed by atoms with E-state index in [0.717, 1.165) is 31.3 Å². The number of aromatic nitrogens is 2. The van der Waals surface area contributed by atoms with Crippen LogP contribution in [0.4, 0.5) is 0 Å². The van der Waals surface area contributed by atoms with E-state index in [1.165, 1.54) is 23.1 Å². The molecule has 0 bridgehead atoms. The lowest BCUT2D eigenvalue weighted by Gasteiger charge is -2.14. The van der Waals surface area contributed by atoms with Gasteiger partial charge in [0.1, 0.15) is 4.70 Å². The van der Waals surface area contributed by atoms with E-state index >= 15 is 0 Å². The van der Waals surface area contributed by atoms with Gasteiger partial charge in [-0.25, -0.2) is 4.98 Å². The fraction of sp³-hybridized carbons (Fsp3) is 0.462. The molecule has 7 heteroatoms. The van der Waals surface area contributed by atoms with Crippen molar-refractivity contribution in [1.82, 2.24) is 14.9 Å². The summed E-state index contributed by atoms with van der Waals surface area (Å²) in [5, 5.41) is 5.23. The third-order valence-electron chi connectivity index (χ3n) is 3.38. The van der Waals surface area contributed by atoms with Crippen LogP contribution in [0.2, 0.25) is 0 Å². The predicted molar refractivity (Wildman–Crippen MR) is 81.4 cm³/mol. The van der Waals surface area contributed by atoms with Crippen molar-refractivity contribution >= 4 is 39.2 Å². The third-order valence-corrected chi connectivity index (χ3v) is 5.58. The van der Waals surface area contributed by atoms with Crippen LogP contribution in [0.5, 0.6) is 0 Å². The SMILES string of the molecule is Cn1c(SC2CCCCNC2=O)nc2ccsc2c1=O. The molecule has 3 rings (SSSR count). The molecule has 20 heavy (non-hydrogen) atoms. The molecule has 1 amide bonds. The molecule has 1 N–H and O–H groups in total. The minimum Gasteiger partial charge on any atom is -0.355 e. The van der Waals surface area contributed by atoms with E-state index in [4.69, 9.17) is 0 Å². The molecule has 1 aliphatic heterocycles. The molecular formula is C13H15N3O2S2. The molecule has 3 heterocycles. The van der Waals surface area contributed by atoms with Crippen LogP contribution in [0, 0.1) is 0 Å². The molecule has 1 unspecified atom stereocenters. The van der Waals surface area contributed by atoms with Gasteiger partial charge in [0.05, 0.1) is 10.8 Å². The van der Waals surface area contributed by atoms with Gasteiger partial charge in [0.2, 0.25) is 5.91 Å². The van der Waals surface area contributed by atoms with E-state index in [-0.39, 0.29) is 16.7 Å². The highest BCUT2D eigenvalue weighted by molar-refractivity contribution is 8.00. The molecule has 2 aromatic rings. The summed E-state index contributed by atoms with van der Waals surface area (Å²) in [7, 11) is 1.71. The van der Waals surface area contributed by atoms with E-state index in [2.05, 4.69) is 10.3 Å². The van der Waals surface area contributed by atoms with Crippen LogP contribution in [0.3, 0.4) is 0 Å². The second-order valence-electron chi connectivity index (χ2n) is 4.79. The summed E-state index contributed by atoms with van der Waals surface area (Å²) < 4.78 is 2.21. The Morgan fingerprint density at radius 1 is 1.45 bits per heavy atom. The summed E-state index contributed by atoms with van der Waals surface area (Å²) >= 11 is 2.79. The topological polar surface area (TPSA) is 64.0 Å². The summed E-state index contributed by atoms with van der Waals surface area (Å²) in [6.07, 6.45) is 2.86. The fourth-order valence-corrected chi connectivity index (χ4v) is 4.15. The van der Waals surface area contributed by atoms with Crippen LogP contribution in [-0.4, -0.2) is 27.3 Å². The van der Waals surface area contributed by atoms with E-state index in [1.54, 1.807) is 11.6 Å². The Labute approximate surface area is 124 Å². The van der Waals surface area contributed by atoms with Crippen molar-refractivity contribution in [3.63, 3.8) is 0 Å². The zero-order chi connectivity index (χ0) is 14.1. The number of thioether (sulfide) groups is 1. The van der Waals surface area contributed by atoms with Gasteiger partial charge in [-0.1, -0.05) is 18.2 Å². The lowest BCUT2D eigenvalue weighted by molar-refractivity contribution is -0.120. The van der Waals surface area contributed by atoms with Gasteiger partial charge in [-0.15, -0.1) is 11.3 Å². The van der Waals surface area contributed by atoms with Crippen LogP contribution >= 0.6 is 23.1 Å². The lowest BCUT2D eigenvalue weighted by atomic mass is 10.2. The van der Waals surface area contributed by atoms with Crippen molar-refractivity contribution in [2.45, 2.75) is 29.7 Å². The molecule has 0 spiro atoms. The van der Waals surface area contributed by atoms with Gasteiger partial charge in [-0.2, -0.15) is 0 Å². The summed E-state index contributed by atoms with van der Waals surface area (Å²) in [6.45, 7) is 0.742. The smallest absolute Gasteiger partial charge is 0.271 e. The van der Waals surface area contributed by atoms with Gasteiger partial charge >= 0.3 is 0 Å². The van der Waals surface area contributed by atoms with E-state index in [0.29, 0.717) is 9.86 Å². The number of thiophene rings is 1. The molecule has 106 valence electrons. The summed E-state index contributed by atoms with van der Waals surface area (Å²) in [5.74, 6) is 0.0483. The highest BCUT2D eigenvalue weighted by Crippen LogP contribution is 2.27. The first-order valence-corrected chi connectivity index (χ1v) is 8.31. The number of hydrogen-bond acceptors (Lipinski definition) is 5. The molecular weight excluding hydrogens is 294 g/mol. The average Bonchev–Trinajstić information content (AvgIpc) is 2.81. The number of rotatable bonds is 2. The van der Waals surface area contributed by atoms with Crippen LogP contribution < -0.4 is 10.9 Å². The Balaban J connectivity index is 1.95. The zero-order valence-electron chi connectivity index (χ0n) is 11.1. The maximum Gasteiger partial charge on any atom is 0.271 e. The van der Waals surface area contributed by atoms with Gasteiger partial charge in [-0.3, -0.25) is 14.2 Å². The first-order chi connectivity index (χ1) is 9.66. The molecule has 1 aliphatic rings. The van der Waals surface area contributed by atoms with Gasteiger partial charge in [0.25, 0.3) is 5.56 Å². The number of fused-ring (bicyclic) bond motifs is 1. The van der Waals surface area contributed by atoms with Crippen molar-refractivity contribution in [1.29, 1.82) is 0 Å². The second-order valence-corrected chi connectivity index (χ2v) is 6.87. The maximum absolute atomic E-state index is 12.2. The van der Waals surface area contributed by atoms with Crippen molar-refractivity contribution < 1.29 is 4.79 Å². The number of amides is 1. The fourth-order valence-electron chi connectivity index (χ4n) is 2.22. The largest absolute Gasteiger partial charge is 0.355 e. The average molecular weight is 309 g/mol. The zero-order valence-corrected chi connectivity index (χ0v) is 12.7. The Bertz CT molecular complexity index is 707. The molecule has 0 radical (unpaired) electrons. The van der Waals surface area contributed by atoms with E-state index in [9.17, 15) is 9.59 Å². The molecule has 0 aromatic carbocycles. The summed E-state index contributed by atoms with van der Waals surface area (Å²) in [5.41, 5.74) is 0.677. The normalized spacial score (nSPS) is 19.9. The third kappa shape index (κ3) is 2.47. The molecule has 0 aliphatic carbocycles. The first-order valence-electron chi connectivity index (χ1n) is 6.55. The molecule has 0 saturated carbocycles. The first kappa shape index (κ1) is 13.6. The quantitative estimate of drug-likeness (QED) is 0.859. The van der Waals surface area contributed by atoms with Crippen molar-refractivity contribution in [2.75, 3.05) is 6.54 Å². The van der Waals surface area contributed by atoms with Crippen LogP contribution in [0.25, 0.3) is 10.2 Å². The molecule has 5 nitrogen and oxygen atoms in total. The summed E-state index contributed by atoms with van der Waals surface area (Å²) in [6, 6.07) is 1.85. The van der Waals surface area contributed by atoms with Gasteiger partial charge in [0, 0.05) is 13.6 Å². The van der Waals surface area contributed by atoms with E-state index < -0.39 is 0 Å². The Kier molecular flexibility index (Phi) is 3.80. The van der Waals surface area contributed by atoms with E-state index in [1.807, 2.05) is 11.4 Å². The van der Waals surface area contributed by atoms with Crippen LogP contribution in [0.15, 0.2) is 21.4 Å². The summed E-state index contributed by atoms with van der Waals surface area (Å²) in [4.78, 5) is 28.7. The molecule has 2 aromatic heterocycles. The Hall–Kier alpha value is -1.34. The lowest BCUT2D eigenvalue weighted by Crippen LogP contribution is -2.31. The number of nitrogens with zero attached hydrogens (tertiary/aromatic N) is 2. The Morgan fingerprint density at radius 2 is 2.30 bits per heavy atom. The predicted octanol–water partition coefficient (Wildman–Crippen LogP) is 1.76. The highest BCUT2D eigenvalue weighted by atomic mass is 32.2. The van der Waals surface area contributed by atoms with Crippen LogP contribution in [0.1, 0.15) is 19.3 Å². The minimum atomic E-state index is -0.160. The number of hydrogen-bond donors (Lipinski definition) is 1. The Morgan fingerprint density at radius 3 is 3.15 bits per heavy atom. The molecule has 1 fully saturated rings. The molecule has 1 atom stereocenters. The number of nitrogens with one attached hydrogen (secondary N) is 1. The van der Waals surface area contributed by atoms with Crippen LogP contribution in [-0.2, 0) is 11.8 Å². The monoisotopic (exact) mass is 309 g/mol. The van der Waals surface area contributed by atoms with Gasteiger partial charge in [-0.05, 0) is 24.3 Å². The number of carbonyl (C=O) groups is 1. The number of carbonyl (C=O) groups excluding carboxylic acids is 1.